The SMILES string of the molecule is COc1cccc(C)c1.c1ccc2[nH]ccc2c1. The smallest absolute Gasteiger partial charge is 0.119 e. The van der Waals surface area contributed by atoms with Crippen LogP contribution in [0.25, 0.3) is 10.9 Å². The van der Waals surface area contributed by atoms with Gasteiger partial charge in [-0.05, 0) is 42.1 Å². The minimum Gasteiger partial charge on any atom is -0.497 e. The third-order valence-electron chi connectivity index (χ3n) is 2.69. The number of aromatic nitrogens is 1. The summed E-state index contributed by atoms with van der Waals surface area (Å²) >= 11 is 0. The maximum atomic E-state index is 5.00. The van der Waals surface area contributed by atoms with E-state index in [4.69, 9.17) is 4.74 Å². The molecule has 0 aliphatic heterocycles. The third-order valence-corrected chi connectivity index (χ3v) is 2.69. The molecule has 1 heterocycles. The second-order valence-corrected chi connectivity index (χ2v) is 4.09. The molecule has 1 N–H and O–H groups in total. The van der Waals surface area contributed by atoms with Gasteiger partial charge in [0.25, 0.3) is 0 Å². The zero-order chi connectivity index (χ0) is 12.8. The highest BCUT2D eigenvalue weighted by molar-refractivity contribution is 5.78. The number of benzene rings is 2. The number of para-hydroxylation sites is 1. The maximum absolute atomic E-state index is 5.00. The molecule has 3 aromatic rings. The summed E-state index contributed by atoms with van der Waals surface area (Å²) in [4.78, 5) is 3.12. The van der Waals surface area contributed by atoms with Crippen LogP contribution < -0.4 is 4.74 Å². The van der Waals surface area contributed by atoms with Crippen LogP contribution in [0.2, 0.25) is 0 Å². The number of nitrogens with one attached hydrogen (secondary N) is 1. The first-order valence-electron chi connectivity index (χ1n) is 5.92. The van der Waals surface area contributed by atoms with E-state index < -0.39 is 0 Å². The summed E-state index contributed by atoms with van der Waals surface area (Å²) in [5.41, 5.74) is 2.44. The molecule has 0 aliphatic carbocycles. The minimum absolute atomic E-state index is 0.926. The molecule has 0 saturated carbocycles. The lowest BCUT2D eigenvalue weighted by Crippen LogP contribution is -1.81. The number of rotatable bonds is 1. The van der Waals surface area contributed by atoms with E-state index in [2.05, 4.69) is 23.2 Å². The predicted molar refractivity (Wildman–Crippen MR) is 76.0 cm³/mol. The topological polar surface area (TPSA) is 25.0 Å². The van der Waals surface area contributed by atoms with Crippen LogP contribution in [0.15, 0.2) is 60.8 Å². The molecule has 0 unspecified atom stereocenters. The van der Waals surface area contributed by atoms with Crippen molar-refractivity contribution >= 4 is 10.9 Å². The number of methoxy groups -OCH3 is 1. The zero-order valence-corrected chi connectivity index (χ0v) is 10.7. The molecule has 2 aromatic carbocycles. The Morgan fingerprint density at radius 3 is 2.44 bits per heavy atom. The second-order valence-electron chi connectivity index (χ2n) is 4.09. The third kappa shape index (κ3) is 3.14. The summed E-state index contributed by atoms with van der Waals surface area (Å²) < 4.78 is 5.00. The van der Waals surface area contributed by atoms with Crippen LogP contribution in [0.3, 0.4) is 0 Å². The molecule has 18 heavy (non-hydrogen) atoms. The van der Waals surface area contributed by atoms with Crippen LogP contribution in [0.1, 0.15) is 5.56 Å². The van der Waals surface area contributed by atoms with E-state index in [0.29, 0.717) is 0 Å². The number of H-pyrrole nitrogens is 1. The molecule has 0 radical (unpaired) electrons. The van der Waals surface area contributed by atoms with Crippen LogP contribution >= 0.6 is 0 Å². The molecule has 2 heteroatoms. The average molecular weight is 239 g/mol. The van der Waals surface area contributed by atoms with Gasteiger partial charge in [0.2, 0.25) is 0 Å². The normalized spacial score (nSPS) is 9.67. The quantitative estimate of drug-likeness (QED) is 0.677. The fourth-order valence-electron chi connectivity index (χ4n) is 1.74. The van der Waals surface area contributed by atoms with E-state index in [1.54, 1.807) is 7.11 Å². The Morgan fingerprint density at radius 1 is 0.944 bits per heavy atom. The standard InChI is InChI=1S/C8H7N.C8H10O/c1-2-4-8-7(3-1)5-6-9-8;1-7-4-3-5-8(6-7)9-2/h1-6,9H;3-6H,1-2H3. The first kappa shape index (κ1) is 12.2. The molecule has 0 atom stereocenters. The number of hydrogen-bond donors (Lipinski definition) is 1. The van der Waals surface area contributed by atoms with Crippen molar-refractivity contribution in [2.45, 2.75) is 6.92 Å². The van der Waals surface area contributed by atoms with Crippen molar-refractivity contribution in [2.24, 2.45) is 0 Å². The average Bonchev–Trinajstić information content (AvgIpc) is 2.87. The van der Waals surface area contributed by atoms with Crippen molar-refractivity contribution in [3.63, 3.8) is 0 Å². The van der Waals surface area contributed by atoms with Crippen molar-refractivity contribution in [2.75, 3.05) is 7.11 Å². The fourth-order valence-corrected chi connectivity index (χ4v) is 1.74. The zero-order valence-electron chi connectivity index (χ0n) is 10.7. The first-order valence-corrected chi connectivity index (χ1v) is 5.92. The Kier molecular flexibility index (Phi) is 4.02. The molecule has 92 valence electrons. The van der Waals surface area contributed by atoms with Gasteiger partial charge in [0.05, 0.1) is 7.11 Å². The Morgan fingerprint density at radius 2 is 1.78 bits per heavy atom. The highest BCUT2D eigenvalue weighted by atomic mass is 16.5. The molecule has 1 aromatic heterocycles. The lowest BCUT2D eigenvalue weighted by Gasteiger charge is -1.97. The molecular weight excluding hydrogens is 222 g/mol. The molecule has 0 bridgehead atoms. The van der Waals surface area contributed by atoms with E-state index in [1.165, 1.54) is 16.5 Å². The van der Waals surface area contributed by atoms with E-state index in [9.17, 15) is 0 Å². The lowest BCUT2D eigenvalue weighted by molar-refractivity contribution is 0.414. The van der Waals surface area contributed by atoms with E-state index in [0.717, 1.165) is 5.75 Å². The second kappa shape index (κ2) is 5.92. The number of aromatic amines is 1. The van der Waals surface area contributed by atoms with E-state index in [-0.39, 0.29) is 0 Å². The summed E-state index contributed by atoms with van der Waals surface area (Å²) in [5, 5.41) is 1.28. The molecule has 3 rings (SSSR count). The monoisotopic (exact) mass is 239 g/mol. The number of fused-ring (bicyclic) bond motifs is 1. The fraction of sp³-hybridized carbons (Fsp3) is 0.125. The Balaban J connectivity index is 0.000000134. The van der Waals surface area contributed by atoms with Crippen molar-refractivity contribution in [1.29, 1.82) is 0 Å². The molecule has 2 nitrogen and oxygen atoms in total. The van der Waals surface area contributed by atoms with Gasteiger partial charge < -0.3 is 9.72 Å². The predicted octanol–water partition coefficient (Wildman–Crippen LogP) is 4.17. The van der Waals surface area contributed by atoms with Crippen molar-refractivity contribution < 1.29 is 4.74 Å². The van der Waals surface area contributed by atoms with E-state index in [1.807, 2.05) is 49.5 Å². The van der Waals surface area contributed by atoms with Gasteiger partial charge in [-0.2, -0.15) is 0 Å². The molecular formula is C16H17NO. The molecule has 0 fully saturated rings. The van der Waals surface area contributed by atoms with Crippen molar-refractivity contribution in [3.8, 4) is 5.75 Å². The van der Waals surface area contributed by atoms with Crippen LogP contribution in [-0.2, 0) is 0 Å². The van der Waals surface area contributed by atoms with Gasteiger partial charge in [0.15, 0.2) is 0 Å². The Bertz CT molecular complexity index is 583. The largest absolute Gasteiger partial charge is 0.497 e. The molecule has 0 spiro atoms. The van der Waals surface area contributed by atoms with Crippen LogP contribution in [0.5, 0.6) is 5.75 Å². The molecule has 0 amide bonds. The van der Waals surface area contributed by atoms with Crippen molar-refractivity contribution in [3.05, 3.63) is 66.4 Å². The molecule has 0 saturated heterocycles. The summed E-state index contributed by atoms with van der Waals surface area (Å²) in [7, 11) is 1.68. The van der Waals surface area contributed by atoms with Crippen LogP contribution in [0, 0.1) is 6.92 Å². The van der Waals surface area contributed by atoms with Gasteiger partial charge in [0.1, 0.15) is 5.75 Å². The summed E-state index contributed by atoms with van der Waals surface area (Å²) in [6.45, 7) is 2.04. The van der Waals surface area contributed by atoms with Gasteiger partial charge >= 0.3 is 0 Å². The van der Waals surface area contributed by atoms with Crippen LogP contribution in [0.4, 0.5) is 0 Å². The highest BCUT2D eigenvalue weighted by Crippen LogP contribution is 2.10. The Labute approximate surface area is 107 Å². The maximum Gasteiger partial charge on any atom is 0.119 e. The van der Waals surface area contributed by atoms with Gasteiger partial charge in [-0.1, -0.05) is 30.3 Å². The highest BCUT2D eigenvalue weighted by Gasteiger charge is 1.87. The van der Waals surface area contributed by atoms with E-state index >= 15 is 0 Å². The minimum atomic E-state index is 0.926. The van der Waals surface area contributed by atoms with Gasteiger partial charge in [0, 0.05) is 11.7 Å². The number of ether oxygens (including phenoxy) is 1. The van der Waals surface area contributed by atoms with Gasteiger partial charge in [-0.25, -0.2) is 0 Å². The first-order chi connectivity index (χ1) is 8.79. The molecule has 0 aliphatic rings. The summed E-state index contributed by atoms with van der Waals surface area (Å²) in [5.74, 6) is 0.926. The Hall–Kier alpha value is -2.22. The lowest BCUT2D eigenvalue weighted by atomic mass is 10.2. The number of hydrogen-bond acceptors (Lipinski definition) is 1. The van der Waals surface area contributed by atoms with Crippen LogP contribution in [-0.4, -0.2) is 12.1 Å². The summed E-state index contributed by atoms with van der Waals surface area (Å²) in [6, 6.07) is 18.2. The van der Waals surface area contributed by atoms with Crippen molar-refractivity contribution in [1.82, 2.24) is 4.98 Å². The number of aryl methyl sites for hydroxylation is 1. The van der Waals surface area contributed by atoms with Gasteiger partial charge in [-0.3, -0.25) is 0 Å². The van der Waals surface area contributed by atoms with Gasteiger partial charge in [-0.15, -0.1) is 0 Å². The summed E-state index contributed by atoms with van der Waals surface area (Å²) in [6.07, 6.45) is 1.95.